The van der Waals surface area contributed by atoms with Crippen molar-refractivity contribution in [3.63, 3.8) is 0 Å². The van der Waals surface area contributed by atoms with Crippen molar-refractivity contribution in [1.82, 2.24) is 4.90 Å². The van der Waals surface area contributed by atoms with Gasteiger partial charge in [-0.1, -0.05) is 12.1 Å². The minimum absolute atomic E-state index is 0. The Kier molecular flexibility index (Phi) is 4.55. The van der Waals surface area contributed by atoms with Crippen molar-refractivity contribution in [1.29, 1.82) is 0 Å². The van der Waals surface area contributed by atoms with Crippen molar-refractivity contribution in [2.45, 2.75) is 44.1 Å². The first-order chi connectivity index (χ1) is 9.09. The number of fused-ring (bicyclic) bond motifs is 2. The van der Waals surface area contributed by atoms with Gasteiger partial charge < -0.3 is 9.64 Å². The number of esters is 1. The van der Waals surface area contributed by atoms with E-state index in [0.29, 0.717) is 11.2 Å². The van der Waals surface area contributed by atoms with Crippen molar-refractivity contribution in [3.8, 4) is 5.75 Å². The lowest BCUT2D eigenvalue weighted by Gasteiger charge is -2.38. The highest BCUT2D eigenvalue weighted by atomic mass is 79.9. The van der Waals surface area contributed by atoms with Crippen LogP contribution in [0.4, 0.5) is 0 Å². The highest BCUT2D eigenvalue weighted by molar-refractivity contribution is 8.93. The summed E-state index contributed by atoms with van der Waals surface area (Å²) >= 11 is 0. The summed E-state index contributed by atoms with van der Waals surface area (Å²) < 4.78 is 5.22. The Balaban J connectivity index is 0.00000147. The summed E-state index contributed by atoms with van der Waals surface area (Å²) in [6.45, 7) is 2.62. The quantitative estimate of drug-likeness (QED) is 0.611. The number of rotatable bonds is 2. The van der Waals surface area contributed by atoms with Crippen LogP contribution < -0.4 is 4.74 Å². The largest absolute Gasteiger partial charge is 0.427 e. The first-order valence-corrected chi connectivity index (χ1v) is 7.08. The first kappa shape index (κ1) is 15.5. The lowest BCUT2D eigenvalue weighted by Crippen LogP contribution is -2.40. The summed E-state index contributed by atoms with van der Waals surface area (Å²) in [6, 6.07) is 8.86. The van der Waals surface area contributed by atoms with E-state index >= 15 is 0 Å². The third kappa shape index (κ3) is 2.77. The van der Waals surface area contributed by atoms with Gasteiger partial charge in [0.2, 0.25) is 0 Å². The van der Waals surface area contributed by atoms with Crippen LogP contribution in [0, 0.1) is 0 Å². The first-order valence-electron chi connectivity index (χ1n) is 7.08. The Morgan fingerprint density at radius 1 is 1.40 bits per heavy atom. The molecule has 0 aromatic heterocycles. The number of benzene rings is 1. The molecule has 1 aliphatic heterocycles. The zero-order valence-electron chi connectivity index (χ0n) is 12.1. The Morgan fingerprint density at radius 3 is 2.95 bits per heavy atom. The summed E-state index contributed by atoms with van der Waals surface area (Å²) in [5.41, 5.74) is 1.66. The third-order valence-corrected chi connectivity index (χ3v) is 4.86. The summed E-state index contributed by atoms with van der Waals surface area (Å²) in [5, 5.41) is 0. The number of carbonyl (C=O) groups excluding carboxylic acids is 1. The Bertz CT molecular complexity index is 505. The van der Waals surface area contributed by atoms with Gasteiger partial charge in [0.15, 0.2) is 0 Å². The van der Waals surface area contributed by atoms with E-state index in [9.17, 15) is 4.79 Å². The molecule has 1 aromatic carbocycles. The van der Waals surface area contributed by atoms with E-state index in [0.717, 1.165) is 6.04 Å². The number of halogens is 1. The van der Waals surface area contributed by atoms with Crippen LogP contribution in [0.25, 0.3) is 0 Å². The number of ether oxygens (including phenoxy) is 1. The molecule has 2 unspecified atom stereocenters. The molecule has 1 aliphatic carbocycles. The molecule has 110 valence electrons. The molecule has 0 N–H and O–H groups in total. The van der Waals surface area contributed by atoms with Crippen LogP contribution in [0.5, 0.6) is 5.75 Å². The molecule has 0 spiro atoms. The molecule has 2 bridgehead atoms. The maximum absolute atomic E-state index is 11.1. The lowest BCUT2D eigenvalue weighted by molar-refractivity contribution is -0.131. The van der Waals surface area contributed by atoms with Crippen LogP contribution in [0.3, 0.4) is 0 Å². The highest BCUT2D eigenvalue weighted by Crippen LogP contribution is 2.48. The van der Waals surface area contributed by atoms with Gasteiger partial charge in [-0.25, -0.2) is 0 Å². The van der Waals surface area contributed by atoms with Gasteiger partial charge in [0.25, 0.3) is 0 Å². The standard InChI is InChI=1S/C16H21NO2.BrH/c1-12(18)19-15-5-3-4-13(10-15)16-7-6-14(11-16)17(2)9-8-16;/h3-5,10,14H,6-9,11H2,1-2H3;1H. The fraction of sp³-hybridized carbons (Fsp3) is 0.562. The molecule has 1 heterocycles. The molecule has 3 nitrogen and oxygen atoms in total. The second-order valence-electron chi connectivity index (χ2n) is 6.03. The zero-order chi connectivity index (χ0) is 13.5. The number of piperidine rings is 1. The van der Waals surface area contributed by atoms with Gasteiger partial charge >= 0.3 is 5.97 Å². The molecule has 20 heavy (non-hydrogen) atoms. The van der Waals surface area contributed by atoms with Gasteiger partial charge in [-0.05, 0) is 62.4 Å². The van der Waals surface area contributed by atoms with Crippen LogP contribution >= 0.6 is 17.0 Å². The monoisotopic (exact) mass is 339 g/mol. The summed E-state index contributed by atoms with van der Waals surface area (Å²) in [4.78, 5) is 13.6. The molecule has 1 saturated carbocycles. The maximum atomic E-state index is 11.1. The van der Waals surface area contributed by atoms with Crippen LogP contribution in [0.15, 0.2) is 24.3 Å². The van der Waals surface area contributed by atoms with E-state index in [1.54, 1.807) is 0 Å². The van der Waals surface area contributed by atoms with Gasteiger partial charge in [0.05, 0.1) is 0 Å². The molecule has 3 rings (SSSR count). The summed E-state index contributed by atoms with van der Waals surface area (Å²) in [6.07, 6.45) is 5.00. The molecule has 1 saturated heterocycles. The fourth-order valence-electron chi connectivity index (χ4n) is 3.74. The Labute approximate surface area is 131 Å². The maximum Gasteiger partial charge on any atom is 0.308 e. The number of hydrogen-bond donors (Lipinski definition) is 0. The van der Waals surface area contributed by atoms with E-state index in [2.05, 4.69) is 24.1 Å². The Morgan fingerprint density at radius 2 is 2.20 bits per heavy atom. The van der Waals surface area contributed by atoms with Crippen molar-refractivity contribution < 1.29 is 9.53 Å². The molecule has 1 aromatic rings. The molecular formula is C16H22BrNO2. The number of hydrogen-bond acceptors (Lipinski definition) is 3. The van der Waals surface area contributed by atoms with Crippen molar-refractivity contribution in [2.24, 2.45) is 0 Å². The lowest BCUT2D eigenvalue weighted by atomic mass is 9.74. The number of nitrogens with zero attached hydrogens (tertiary/aromatic N) is 1. The predicted octanol–water partition coefficient (Wildman–Crippen LogP) is 3.32. The fourth-order valence-corrected chi connectivity index (χ4v) is 3.74. The minimum atomic E-state index is -0.248. The van der Waals surface area contributed by atoms with Gasteiger partial charge in [0.1, 0.15) is 5.75 Å². The smallest absolute Gasteiger partial charge is 0.308 e. The van der Waals surface area contributed by atoms with Crippen LogP contribution in [0.1, 0.15) is 38.2 Å². The van der Waals surface area contributed by atoms with Crippen molar-refractivity contribution >= 4 is 23.0 Å². The van der Waals surface area contributed by atoms with Crippen molar-refractivity contribution in [3.05, 3.63) is 29.8 Å². The molecular weight excluding hydrogens is 318 g/mol. The topological polar surface area (TPSA) is 29.5 Å². The molecule has 4 heteroatoms. The van der Waals surface area contributed by atoms with E-state index in [1.807, 2.05) is 12.1 Å². The average molecular weight is 340 g/mol. The van der Waals surface area contributed by atoms with Crippen LogP contribution in [-0.4, -0.2) is 30.5 Å². The second kappa shape index (κ2) is 5.86. The number of carbonyl (C=O) groups is 1. The third-order valence-electron chi connectivity index (χ3n) is 4.86. The molecule has 2 fully saturated rings. The Hall–Kier alpha value is -0.870. The van der Waals surface area contributed by atoms with Crippen LogP contribution in [0.2, 0.25) is 0 Å². The SMILES string of the molecule is Br.CC(=O)Oc1cccc(C23CCC(C2)N(C)CC3)c1. The van der Waals surface area contributed by atoms with Gasteiger partial charge in [-0.2, -0.15) is 0 Å². The molecule has 2 aliphatic rings. The van der Waals surface area contributed by atoms with Gasteiger partial charge in [-0.3, -0.25) is 4.79 Å². The average Bonchev–Trinajstić information content (AvgIpc) is 2.75. The highest BCUT2D eigenvalue weighted by Gasteiger charge is 2.45. The van der Waals surface area contributed by atoms with Crippen LogP contribution in [-0.2, 0) is 10.2 Å². The van der Waals surface area contributed by atoms with Gasteiger partial charge in [-0.15, -0.1) is 17.0 Å². The molecule has 0 radical (unpaired) electrons. The summed E-state index contributed by atoms with van der Waals surface area (Å²) in [7, 11) is 2.23. The van der Waals surface area contributed by atoms with E-state index in [-0.39, 0.29) is 23.0 Å². The van der Waals surface area contributed by atoms with Crippen molar-refractivity contribution in [2.75, 3.05) is 13.6 Å². The molecule has 0 amide bonds. The summed E-state index contributed by atoms with van der Waals surface area (Å²) in [5.74, 6) is 0.434. The molecule has 2 atom stereocenters. The second-order valence-corrected chi connectivity index (χ2v) is 6.03. The normalized spacial score (nSPS) is 28.8. The number of likely N-dealkylation sites (tertiary alicyclic amines) is 1. The minimum Gasteiger partial charge on any atom is -0.427 e. The van der Waals surface area contributed by atoms with E-state index in [1.165, 1.54) is 44.7 Å². The zero-order valence-corrected chi connectivity index (χ0v) is 13.8. The van der Waals surface area contributed by atoms with E-state index in [4.69, 9.17) is 4.74 Å². The predicted molar refractivity (Wildman–Crippen MR) is 84.6 cm³/mol. The van der Waals surface area contributed by atoms with E-state index < -0.39 is 0 Å². The van der Waals surface area contributed by atoms with Gasteiger partial charge in [0, 0.05) is 13.0 Å².